The first-order chi connectivity index (χ1) is 9.85. The monoisotopic (exact) mass is 316 g/mol. The molecule has 5 heteroatoms. The molecule has 124 valence electrons. The largest absolute Gasteiger partial charge is 0.308 e. The highest BCUT2D eigenvalue weighted by Crippen LogP contribution is 2.35. The second-order valence-corrected chi connectivity index (χ2v) is 9.68. The van der Waals surface area contributed by atoms with E-state index in [9.17, 15) is 8.42 Å². The Morgan fingerprint density at radius 2 is 1.81 bits per heavy atom. The van der Waals surface area contributed by atoms with E-state index in [0.29, 0.717) is 12.3 Å². The van der Waals surface area contributed by atoms with Gasteiger partial charge in [-0.1, -0.05) is 33.1 Å². The lowest BCUT2D eigenvalue weighted by Gasteiger charge is -2.54. The summed E-state index contributed by atoms with van der Waals surface area (Å²) in [5.74, 6) is 0.558. The average molecular weight is 317 g/mol. The topological polar surface area (TPSA) is 49.4 Å². The standard InChI is InChI=1S/C16H32N2O2S/c1-4-15(3)13-17-16(9-7-6-8-10-16)14-18(15)11-12-21(19,20)5-2/h17H,4-14H2,1-3H3. The van der Waals surface area contributed by atoms with Gasteiger partial charge in [0.25, 0.3) is 0 Å². The van der Waals surface area contributed by atoms with Crippen molar-refractivity contribution in [3.63, 3.8) is 0 Å². The zero-order valence-corrected chi connectivity index (χ0v) is 14.8. The molecule has 1 aliphatic carbocycles. The first-order valence-corrected chi connectivity index (χ1v) is 10.4. The van der Waals surface area contributed by atoms with Crippen LogP contribution in [0.1, 0.15) is 59.3 Å². The van der Waals surface area contributed by atoms with E-state index >= 15 is 0 Å². The highest BCUT2D eigenvalue weighted by molar-refractivity contribution is 7.91. The van der Waals surface area contributed by atoms with Crippen LogP contribution < -0.4 is 5.32 Å². The molecule has 1 unspecified atom stereocenters. The highest BCUT2D eigenvalue weighted by Gasteiger charge is 2.44. The molecule has 1 N–H and O–H groups in total. The maximum Gasteiger partial charge on any atom is 0.151 e. The van der Waals surface area contributed by atoms with Crippen LogP contribution in [0, 0.1) is 0 Å². The number of piperazine rings is 1. The van der Waals surface area contributed by atoms with Gasteiger partial charge in [-0.15, -0.1) is 0 Å². The van der Waals surface area contributed by atoms with Gasteiger partial charge in [0, 0.05) is 36.5 Å². The van der Waals surface area contributed by atoms with Gasteiger partial charge in [-0.05, 0) is 26.2 Å². The molecule has 0 amide bonds. The van der Waals surface area contributed by atoms with Gasteiger partial charge in [-0.2, -0.15) is 0 Å². The van der Waals surface area contributed by atoms with Crippen molar-refractivity contribution in [3.05, 3.63) is 0 Å². The Bertz CT molecular complexity index is 443. The van der Waals surface area contributed by atoms with E-state index in [1.54, 1.807) is 6.92 Å². The summed E-state index contributed by atoms with van der Waals surface area (Å²) in [7, 11) is -2.88. The van der Waals surface area contributed by atoms with Gasteiger partial charge in [0.05, 0.1) is 5.75 Å². The quantitative estimate of drug-likeness (QED) is 0.845. The Morgan fingerprint density at radius 3 is 2.38 bits per heavy atom. The molecule has 0 aromatic rings. The molecule has 0 aromatic heterocycles. The van der Waals surface area contributed by atoms with Gasteiger partial charge < -0.3 is 5.32 Å². The maximum absolute atomic E-state index is 11.9. The van der Waals surface area contributed by atoms with Crippen LogP contribution >= 0.6 is 0 Å². The van der Waals surface area contributed by atoms with Gasteiger partial charge in [0.2, 0.25) is 0 Å². The lowest BCUT2D eigenvalue weighted by atomic mass is 9.77. The normalized spacial score (nSPS) is 30.6. The minimum absolute atomic E-state index is 0.0892. The number of sulfone groups is 1. The van der Waals surface area contributed by atoms with Gasteiger partial charge in [-0.25, -0.2) is 8.42 Å². The summed E-state index contributed by atoms with van der Waals surface area (Å²) < 4.78 is 23.7. The van der Waals surface area contributed by atoms with Crippen LogP contribution in [0.2, 0.25) is 0 Å². The van der Waals surface area contributed by atoms with Crippen LogP contribution in [0.25, 0.3) is 0 Å². The Balaban J connectivity index is 2.08. The molecule has 0 radical (unpaired) electrons. The van der Waals surface area contributed by atoms with Gasteiger partial charge in [0.1, 0.15) is 0 Å². The van der Waals surface area contributed by atoms with Crippen molar-refractivity contribution in [2.45, 2.75) is 70.4 Å². The Kier molecular flexibility index (Phi) is 5.37. The third-order valence-electron chi connectivity index (χ3n) is 5.79. The summed E-state index contributed by atoms with van der Waals surface area (Å²) in [6.07, 6.45) is 7.49. The predicted octanol–water partition coefficient (Wildman–Crippen LogP) is 2.20. The molecule has 1 saturated heterocycles. The molecule has 1 atom stereocenters. The van der Waals surface area contributed by atoms with E-state index in [-0.39, 0.29) is 16.8 Å². The zero-order valence-electron chi connectivity index (χ0n) is 14.0. The number of hydrogen-bond donors (Lipinski definition) is 1. The van der Waals surface area contributed by atoms with Crippen molar-refractivity contribution in [1.29, 1.82) is 0 Å². The van der Waals surface area contributed by atoms with Crippen molar-refractivity contribution >= 4 is 9.84 Å². The van der Waals surface area contributed by atoms with Gasteiger partial charge >= 0.3 is 0 Å². The van der Waals surface area contributed by atoms with Crippen LogP contribution in [0.15, 0.2) is 0 Å². The molecule has 1 aliphatic heterocycles. The predicted molar refractivity (Wildman–Crippen MR) is 88.4 cm³/mol. The van der Waals surface area contributed by atoms with E-state index < -0.39 is 9.84 Å². The lowest BCUT2D eigenvalue weighted by Crippen LogP contribution is -2.69. The fourth-order valence-corrected chi connectivity index (χ4v) is 4.54. The molecule has 0 bridgehead atoms. The molecule has 4 nitrogen and oxygen atoms in total. The third kappa shape index (κ3) is 3.99. The van der Waals surface area contributed by atoms with E-state index in [1.807, 2.05) is 0 Å². The molecule has 1 spiro atoms. The van der Waals surface area contributed by atoms with Crippen molar-refractivity contribution in [1.82, 2.24) is 10.2 Å². The summed E-state index contributed by atoms with van der Waals surface area (Å²) in [6.45, 7) is 8.90. The molecule has 1 saturated carbocycles. The summed E-state index contributed by atoms with van der Waals surface area (Å²) in [5, 5.41) is 3.83. The Hall–Kier alpha value is -0.130. The van der Waals surface area contributed by atoms with Crippen LogP contribution in [0.4, 0.5) is 0 Å². The molecule has 2 rings (SSSR count). The van der Waals surface area contributed by atoms with Crippen LogP contribution in [0.3, 0.4) is 0 Å². The first kappa shape index (κ1) is 17.2. The molecule has 2 aliphatic rings. The second-order valence-electron chi connectivity index (χ2n) is 7.20. The molecular weight excluding hydrogens is 284 g/mol. The molecule has 1 heterocycles. The zero-order chi connectivity index (χ0) is 15.6. The van der Waals surface area contributed by atoms with E-state index in [4.69, 9.17) is 0 Å². The lowest BCUT2D eigenvalue weighted by molar-refractivity contribution is 0.00298. The van der Waals surface area contributed by atoms with E-state index in [0.717, 1.165) is 19.5 Å². The van der Waals surface area contributed by atoms with Crippen molar-refractivity contribution in [2.75, 3.05) is 31.1 Å². The minimum atomic E-state index is -2.88. The van der Waals surface area contributed by atoms with Gasteiger partial charge in [0.15, 0.2) is 9.84 Å². The number of nitrogens with zero attached hydrogens (tertiary/aromatic N) is 1. The summed E-state index contributed by atoms with van der Waals surface area (Å²) >= 11 is 0. The Labute approximate surface area is 130 Å². The third-order valence-corrected chi connectivity index (χ3v) is 7.47. The number of rotatable bonds is 5. The molecular formula is C16H32N2O2S. The van der Waals surface area contributed by atoms with Gasteiger partial charge in [-0.3, -0.25) is 4.90 Å². The highest BCUT2D eigenvalue weighted by atomic mass is 32.2. The summed E-state index contributed by atoms with van der Waals surface area (Å²) in [4.78, 5) is 2.46. The smallest absolute Gasteiger partial charge is 0.151 e. The van der Waals surface area contributed by atoms with Crippen molar-refractivity contribution in [3.8, 4) is 0 Å². The van der Waals surface area contributed by atoms with Crippen LogP contribution in [-0.4, -0.2) is 55.5 Å². The van der Waals surface area contributed by atoms with Crippen molar-refractivity contribution in [2.24, 2.45) is 0 Å². The first-order valence-electron chi connectivity index (χ1n) is 8.55. The SMILES string of the molecule is CCC1(C)CNC2(CCCCC2)CN1CCS(=O)(=O)CC. The second kappa shape index (κ2) is 6.55. The summed E-state index contributed by atoms with van der Waals surface area (Å²) in [5.41, 5.74) is 0.328. The molecule has 2 fully saturated rings. The summed E-state index contributed by atoms with van der Waals surface area (Å²) in [6, 6.07) is 0. The fraction of sp³-hybridized carbons (Fsp3) is 1.00. The number of hydrogen-bond acceptors (Lipinski definition) is 4. The minimum Gasteiger partial charge on any atom is -0.308 e. The van der Waals surface area contributed by atoms with Crippen LogP contribution in [0.5, 0.6) is 0 Å². The number of nitrogens with one attached hydrogen (secondary N) is 1. The van der Waals surface area contributed by atoms with E-state index in [1.165, 1.54) is 32.1 Å². The van der Waals surface area contributed by atoms with Crippen LogP contribution in [-0.2, 0) is 9.84 Å². The maximum atomic E-state index is 11.9. The molecule has 0 aromatic carbocycles. The fourth-order valence-electron chi connectivity index (χ4n) is 3.76. The Morgan fingerprint density at radius 1 is 1.14 bits per heavy atom. The average Bonchev–Trinajstić information content (AvgIpc) is 2.50. The van der Waals surface area contributed by atoms with Crippen molar-refractivity contribution < 1.29 is 8.42 Å². The van der Waals surface area contributed by atoms with E-state index in [2.05, 4.69) is 24.1 Å². The molecule has 21 heavy (non-hydrogen) atoms.